The lowest BCUT2D eigenvalue weighted by Gasteiger charge is -2.33. The minimum absolute atomic E-state index is 0.0933. The summed E-state index contributed by atoms with van der Waals surface area (Å²) in [7, 11) is -3.25. The van der Waals surface area contributed by atoms with Gasteiger partial charge in [-0.3, -0.25) is 0 Å². The Labute approximate surface area is 200 Å². The van der Waals surface area contributed by atoms with Gasteiger partial charge in [0.15, 0.2) is 9.84 Å². The van der Waals surface area contributed by atoms with E-state index in [2.05, 4.69) is 4.98 Å². The minimum Gasteiger partial charge on any atom is -0.444 e. The van der Waals surface area contributed by atoms with E-state index in [1.807, 2.05) is 49.7 Å². The van der Waals surface area contributed by atoms with Gasteiger partial charge in [0.1, 0.15) is 11.4 Å². The van der Waals surface area contributed by atoms with Crippen LogP contribution >= 0.6 is 0 Å². The zero-order valence-corrected chi connectivity index (χ0v) is 20.8. The standard InChI is InChI=1S/C25H31N3O5S/c1-25(2,3)33-24(29)27-12-10-20(11-13-27)32-17-18-5-8-23(26-16-18)28-14-9-19-15-21(34(4,30)31)6-7-22(19)28/h5-9,14-16,20H,10-13,17H2,1-4H3. The van der Waals surface area contributed by atoms with Crippen molar-refractivity contribution in [2.24, 2.45) is 0 Å². The maximum atomic E-state index is 12.2. The van der Waals surface area contributed by atoms with Gasteiger partial charge in [0.2, 0.25) is 0 Å². The predicted octanol–water partition coefficient (Wildman–Crippen LogP) is 4.35. The van der Waals surface area contributed by atoms with E-state index in [1.165, 1.54) is 6.26 Å². The van der Waals surface area contributed by atoms with E-state index >= 15 is 0 Å². The van der Waals surface area contributed by atoms with Gasteiger partial charge in [-0.1, -0.05) is 6.07 Å². The van der Waals surface area contributed by atoms with Gasteiger partial charge in [0.05, 0.1) is 23.1 Å². The normalized spacial score (nSPS) is 15.6. The molecule has 1 saturated heterocycles. The molecular formula is C25H31N3O5S. The van der Waals surface area contributed by atoms with Crippen molar-refractivity contribution in [2.75, 3.05) is 19.3 Å². The highest BCUT2D eigenvalue weighted by Crippen LogP contribution is 2.23. The fraction of sp³-hybridized carbons (Fsp3) is 0.440. The second kappa shape index (κ2) is 9.38. The van der Waals surface area contributed by atoms with Crippen molar-refractivity contribution in [1.82, 2.24) is 14.5 Å². The molecule has 0 unspecified atom stereocenters. The molecule has 0 radical (unpaired) electrons. The Bertz CT molecular complexity index is 1270. The zero-order valence-electron chi connectivity index (χ0n) is 20.0. The van der Waals surface area contributed by atoms with Gasteiger partial charge in [0.25, 0.3) is 0 Å². The van der Waals surface area contributed by atoms with Gasteiger partial charge >= 0.3 is 6.09 Å². The third-order valence-electron chi connectivity index (χ3n) is 5.73. The third kappa shape index (κ3) is 5.77. The molecule has 0 N–H and O–H groups in total. The van der Waals surface area contributed by atoms with Crippen LogP contribution in [0, 0.1) is 0 Å². The van der Waals surface area contributed by atoms with Crippen molar-refractivity contribution in [2.45, 2.75) is 56.8 Å². The number of carbonyl (C=O) groups is 1. The number of carbonyl (C=O) groups excluding carboxylic acids is 1. The predicted molar refractivity (Wildman–Crippen MR) is 130 cm³/mol. The van der Waals surface area contributed by atoms with E-state index in [9.17, 15) is 13.2 Å². The molecule has 1 fully saturated rings. The Morgan fingerprint density at radius 3 is 2.47 bits per heavy atom. The van der Waals surface area contributed by atoms with Crippen LogP contribution in [0.5, 0.6) is 0 Å². The fourth-order valence-corrected chi connectivity index (χ4v) is 4.60. The first kappa shape index (κ1) is 24.2. The molecule has 1 aromatic carbocycles. The summed E-state index contributed by atoms with van der Waals surface area (Å²) in [5, 5.41) is 0.842. The summed E-state index contributed by atoms with van der Waals surface area (Å²) in [6.45, 7) is 7.31. The topological polar surface area (TPSA) is 90.7 Å². The van der Waals surface area contributed by atoms with Crippen LogP contribution in [-0.4, -0.2) is 60.0 Å². The molecule has 1 amide bonds. The van der Waals surface area contributed by atoms with Gasteiger partial charge in [-0.2, -0.15) is 0 Å². The average molecular weight is 486 g/mol. The molecule has 2 aromatic heterocycles. The minimum atomic E-state index is -3.25. The van der Waals surface area contributed by atoms with Crippen LogP contribution in [0.25, 0.3) is 16.7 Å². The number of aromatic nitrogens is 2. The fourth-order valence-electron chi connectivity index (χ4n) is 3.94. The number of piperidine rings is 1. The van der Waals surface area contributed by atoms with Crippen molar-refractivity contribution >= 4 is 26.8 Å². The molecule has 4 rings (SSSR count). The highest BCUT2D eigenvalue weighted by molar-refractivity contribution is 7.90. The number of ether oxygens (including phenoxy) is 2. The number of fused-ring (bicyclic) bond motifs is 1. The number of hydrogen-bond donors (Lipinski definition) is 0. The molecule has 34 heavy (non-hydrogen) atoms. The molecule has 3 aromatic rings. The van der Waals surface area contributed by atoms with Crippen LogP contribution in [0.1, 0.15) is 39.2 Å². The molecule has 0 aliphatic carbocycles. The summed E-state index contributed by atoms with van der Waals surface area (Å²) in [5.74, 6) is 0.747. The summed E-state index contributed by atoms with van der Waals surface area (Å²) >= 11 is 0. The molecular weight excluding hydrogens is 454 g/mol. The van der Waals surface area contributed by atoms with E-state index < -0.39 is 15.4 Å². The van der Waals surface area contributed by atoms with Crippen molar-refractivity contribution in [1.29, 1.82) is 0 Å². The van der Waals surface area contributed by atoms with Crippen LogP contribution in [0.4, 0.5) is 4.79 Å². The maximum absolute atomic E-state index is 12.2. The summed E-state index contributed by atoms with van der Waals surface area (Å²) in [5.41, 5.74) is 1.37. The first-order valence-corrected chi connectivity index (χ1v) is 13.2. The van der Waals surface area contributed by atoms with Gasteiger partial charge in [-0.25, -0.2) is 18.2 Å². The van der Waals surface area contributed by atoms with Crippen molar-refractivity contribution in [3.63, 3.8) is 0 Å². The van der Waals surface area contributed by atoms with Crippen molar-refractivity contribution in [3.8, 4) is 5.82 Å². The number of sulfone groups is 1. The molecule has 182 valence electrons. The van der Waals surface area contributed by atoms with E-state index in [1.54, 1.807) is 29.3 Å². The number of hydrogen-bond acceptors (Lipinski definition) is 6. The highest BCUT2D eigenvalue weighted by Gasteiger charge is 2.27. The quantitative estimate of drug-likeness (QED) is 0.534. The Hall–Kier alpha value is -2.91. The van der Waals surface area contributed by atoms with E-state index in [-0.39, 0.29) is 12.2 Å². The molecule has 1 aliphatic heterocycles. The Morgan fingerprint density at radius 2 is 1.85 bits per heavy atom. The first-order chi connectivity index (χ1) is 16.0. The second-order valence-electron chi connectivity index (χ2n) is 9.68. The summed E-state index contributed by atoms with van der Waals surface area (Å²) < 4.78 is 37.0. The molecule has 3 heterocycles. The Morgan fingerprint density at radius 1 is 1.12 bits per heavy atom. The average Bonchev–Trinajstić information content (AvgIpc) is 3.20. The lowest BCUT2D eigenvalue weighted by atomic mass is 10.1. The number of likely N-dealkylation sites (tertiary alicyclic amines) is 1. The van der Waals surface area contributed by atoms with Gasteiger partial charge in [-0.05, 0) is 69.5 Å². The number of rotatable bonds is 5. The van der Waals surface area contributed by atoms with Crippen LogP contribution in [0.15, 0.2) is 53.7 Å². The van der Waals surface area contributed by atoms with Crippen LogP contribution in [0.2, 0.25) is 0 Å². The lowest BCUT2D eigenvalue weighted by molar-refractivity contribution is -0.0171. The van der Waals surface area contributed by atoms with Gasteiger partial charge in [-0.15, -0.1) is 0 Å². The van der Waals surface area contributed by atoms with Crippen LogP contribution < -0.4 is 0 Å². The molecule has 0 saturated carbocycles. The summed E-state index contributed by atoms with van der Waals surface area (Å²) in [6, 6.07) is 10.9. The number of benzene rings is 1. The number of nitrogens with zero attached hydrogens (tertiary/aromatic N) is 3. The maximum Gasteiger partial charge on any atom is 0.410 e. The zero-order chi connectivity index (χ0) is 24.5. The van der Waals surface area contributed by atoms with E-state index in [0.29, 0.717) is 24.6 Å². The molecule has 8 nitrogen and oxygen atoms in total. The van der Waals surface area contributed by atoms with Crippen LogP contribution in [-0.2, 0) is 25.9 Å². The third-order valence-corrected chi connectivity index (χ3v) is 6.84. The van der Waals surface area contributed by atoms with Crippen molar-refractivity contribution in [3.05, 3.63) is 54.4 Å². The van der Waals surface area contributed by atoms with Gasteiger partial charge in [0, 0.05) is 37.1 Å². The number of pyridine rings is 1. The second-order valence-corrected chi connectivity index (χ2v) is 11.7. The summed E-state index contributed by atoms with van der Waals surface area (Å²) in [4.78, 5) is 18.8. The van der Waals surface area contributed by atoms with E-state index in [4.69, 9.17) is 9.47 Å². The largest absolute Gasteiger partial charge is 0.444 e. The van der Waals surface area contributed by atoms with Crippen molar-refractivity contribution < 1.29 is 22.7 Å². The smallest absolute Gasteiger partial charge is 0.410 e. The summed E-state index contributed by atoms with van der Waals surface area (Å²) in [6.07, 6.45) is 6.25. The van der Waals surface area contributed by atoms with Gasteiger partial charge < -0.3 is 18.9 Å². The molecule has 0 bridgehead atoms. The Balaban J connectivity index is 1.33. The lowest BCUT2D eigenvalue weighted by Crippen LogP contribution is -2.43. The SMILES string of the molecule is CC(C)(C)OC(=O)N1CCC(OCc2ccc(-n3ccc4cc(S(C)(=O)=O)ccc43)nc2)CC1. The van der Waals surface area contributed by atoms with Crippen LogP contribution in [0.3, 0.4) is 0 Å². The molecule has 0 spiro atoms. The monoisotopic (exact) mass is 485 g/mol. The highest BCUT2D eigenvalue weighted by atomic mass is 32.2. The molecule has 0 atom stereocenters. The Kier molecular flexibility index (Phi) is 6.69. The molecule has 1 aliphatic rings. The number of amides is 1. The first-order valence-electron chi connectivity index (χ1n) is 11.4. The molecule has 9 heteroatoms. The van der Waals surface area contributed by atoms with E-state index in [0.717, 1.165) is 35.1 Å².